The lowest BCUT2D eigenvalue weighted by Crippen LogP contribution is -2.54. The number of esters is 2. The van der Waals surface area contributed by atoms with Crippen molar-refractivity contribution >= 4 is 11.9 Å². The van der Waals surface area contributed by atoms with E-state index in [0.29, 0.717) is 12.5 Å². The number of hydrogen-bond acceptors (Lipinski definition) is 6. The molecule has 6 nitrogen and oxygen atoms in total. The summed E-state index contributed by atoms with van der Waals surface area (Å²) in [4.78, 5) is 27.2. The van der Waals surface area contributed by atoms with Gasteiger partial charge in [-0.1, -0.05) is 20.3 Å². The molecule has 0 aromatic heterocycles. The Balaban J connectivity index is 1.26. The van der Waals surface area contributed by atoms with Gasteiger partial charge in [0.25, 0.3) is 0 Å². The van der Waals surface area contributed by atoms with Gasteiger partial charge in [-0.15, -0.1) is 0 Å². The van der Waals surface area contributed by atoms with Crippen LogP contribution in [0.15, 0.2) is 0 Å². The summed E-state index contributed by atoms with van der Waals surface area (Å²) in [5.41, 5.74) is 0.110. The standard InChI is InChI=1S/C23H35NO5/c1-4-27-20(25)15-7-10-24(11-8-15)13-16-18-17(28-21(16)26)12-22(3)9-5-6-14(2)23(22)19(18)29-23/h14-19H,4-13H2,1-3H3. The molecule has 29 heavy (non-hydrogen) atoms. The van der Waals surface area contributed by atoms with E-state index >= 15 is 0 Å². The van der Waals surface area contributed by atoms with Crippen LogP contribution in [0.2, 0.25) is 0 Å². The van der Waals surface area contributed by atoms with Crippen LogP contribution < -0.4 is 0 Å². The molecule has 5 fully saturated rings. The molecule has 3 saturated heterocycles. The molecular formula is C23H35NO5. The van der Waals surface area contributed by atoms with E-state index < -0.39 is 0 Å². The minimum Gasteiger partial charge on any atom is -0.466 e. The summed E-state index contributed by atoms with van der Waals surface area (Å²) in [6.07, 6.45) is 6.42. The molecule has 7 unspecified atom stereocenters. The van der Waals surface area contributed by atoms with E-state index in [0.717, 1.165) is 38.9 Å². The number of hydrogen-bond donors (Lipinski definition) is 0. The maximum atomic E-state index is 12.8. The van der Waals surface area contributed by atoms with E-state index in [1.165, 1.54) is 19.3 Å². The van der Waals surface area contributed by atoms with Crippen LogP contribution in [0.1, 0.15) is 59.3 Å². The van der Waals surface area contributed by atoms with Gasteiger partial charge in [-0.3, -0.25) is 9.59 Å². The second-order valence-electron chi connectivity index (χ2n) is 10.4. The Bertz CT molecular complexity index is 689. The zero-order valence-electron chi connectivity index (χ0n) is 18.0. The van der Waals surface area contributed by atoms with Gasteiger partial charge in [-0.25, -0.2) is 0 Å². The predicted octanol–water partition coefficient (Wildman–Crippen LogP) is 2.79. The third kappa shape index (κ3) is 2.88. The fraction of sp³-hybridized carbons (Fsp3) is 0.913. The first-order valence-corrected chi connectivity index (χ1v) is 11.7. The fourth-order valence-corrected chi connectivity index (χ4v) is 7.33. The van der Waals surface area contributed by atoms with Crippen molar-refractivity contribution in [3.63, 3.8) is 0 Å². The van der Waals surface area contributed by atoms with Crippen molar-refractivity contribution in [2.75, 3.05) is 26.2 Å². The van der Waals surface area contributed by atoms with Gasteiger partial charge in [0, 0.05) is 17.9 Å². The van der Waals surface area contributed by atoms with Gasteiger partial charge in [0.1, 0.15) is 11.7 Å². The summed E-state index contributed by atoms with van der Waals surface area (Å²) in [7, 11) is 0. The van der Waals surface area contributed by atoms with Crippen LogP contribution in [-0.2, 0) is 23.8 Å². The highest BCUT2D eigenvalue weighted by atomic mass is 16.6. The Morgan fingerprint density at radius 2 is 2.03 bits per heavy atom. The lowest BCUT2D eigenvalue weighted by Gasteiger charge is -2.49. The summed E-state index contributed by atoms with van der Waals surface area (Å²) in [6.45, 7) is 9.41. The third-order valence-electron chi connectivity index (χ3n) is 8.86. The molecule has 0 amide bonds. The molecule has 1 spiro atoms. The molecule has 2 aliphatic carbocycles. The Kier molecular flexibility index (Phi) is 4.74. The van der Waals surface area contributed by atoms with E-state index in [1.807, 2.05) is 6.92 Å². The molecule has 0 radical (unpaired) electrons. The molecular weight excluding hydrogens is 370 g/mol. The van der Waals surface area contributed by atoms with Crippen molar-refractivity contribution in [3.05, 3.63) is 0 Å². The lowest BCUT2D eigenvalue weighted by molar-refractivity contribution is -0.150. The van der Waals surface area contributed by atoms with Gasteiger partial charge in [0.15, 0.2) is 0 Å². The number of carbonyl (C=O) groups excluding carboxylic acids is 2. The number of fused-ring (bicyclic) bond motifs is 2. The Morgan fingerprint density at radius 3 is 2.76 bits per heavy atom. The smallest absolute Gasteiger partial charge is 0.311 e. The van der Waals surface area contributed by atoms with Gasteiger partial charge in [-0.2, -0.15) is 0 Å². The van der Waals surface area contributed by atoms with Crippen LogP contribution >= 0.6 is 0 Å². The molecule has 0 aromatic rings. The number of epoxide rings is 1. The van der Waals surface area contributed by atoms with Crippen molar-refractivity contribution in [1.29, 1.82) is 0 Å². The molecule has 0 aromatic carbocycles. The quantitative estimate of drug-likeness (QED) is 0.529. The lowest BCUT2D eigenvalue weighted by atomic mass is 9.53. The van der Waals surface area contributed by atoms with Crippen molar-refractivity contribution in [2.45, 2.75) is 77.1 Å². The predicted molar refractivity (Wildman–Crippen MR) is 106 cm³/mol. The van der Waals surface area contributed by atoms with Crippen LogP contribution in [0, 0.1) is 29.1 Å². The maximum absolute atomic E-state index is 12.8. The Labute approximate surface area is 173 Å². The second-order valence-corrected chi connectivity index (χ2v) is 10.4. The number of ether oxygens (including phenoxy) is 3. The van der Waals surface area contributed by atoms with E-state index in [2.05, 4.69) is 18.7 Å². The van der Waals surface area contributed by atoms with E-state index in [1.54, 1.807) is 0 Å². The number of likely N-dealkylation sites (tertiary alicyclic amines) is 1. The topological polar surface area (TPSA) is 68.4 Å². The molecule has 3 aliphatic heterocycles. The van der Waals surface area contributed by atoms with Crippen molar-refractivity contribution in [2.24, 2.45) is 29.1 Å². The van der Waals surface area contributed by atoms with E-state index in [4.69, 9.17) is 14.2 Å². The normalized spacial score (nSPS) is 47.0. The van der Waals surface area contributed by atoms with E-state index in [-0.39, 0.29) is 52.9 Å². The monoisotopic (exact) mass is 405 g/mol. The van der Waals surface area contributed by atoms with Crippen LogP contribution in [0.4, 0.5) is 0 Å². The van der Waals surface area contributed by atoms with E-state index in [9.17, 15) is 9.59 Å². The minimum absolute atomic E-state index is 0.00277. The molecule has 3 heterocycles. The summed E-state index contributed by atoms with van der Waals surface area (Å²) in [5.74, 6) is 0.555. The molecule has 5 rings (SSSR count). The summed E-state index contributed by atoms with van der Waals surface area (Å²) < 4.78 is 17.6. The van der Waals surface area contributed by atoms with Crippen molar-refractivity contribution in [1.82, 2.24) is 4.90 Å². The van der Waals surface area contributed by atoms with Crippen molar-refractivity contribution in [3.8, 4) is 0 Å². The number of rotatable bonds is 4. The molecule has 0 bridgehead atoms. The highest BCUT2D eigenvalue weighted by Crippen LogP contribution is 2.70. The first-order chi connectivity index (χ1) is 13.9. The van der Waals surface area contributed by atoms with Crippen LogP contribution in [0.5, 0.6) is 0 Å². The van der Waals surface area contributed by atoms with Crippen LogP contribution in [-0.4, -0.2) is 60.9 Å². The van der Waals surface area contributed by atoms with Gasteiger partial charge in [-0.05, 0) is 58.0 Å². The largest absolute Gasteiger partial charge is 0.466 e. The highest BCUT2D eigenvalue weighted by molar-refractivity contribution is 5.76. The van der Waals surface area contributed by atoms with Crippen molar-refractivity contribution < 1.29 is 23.8 Å². The summed E-state index contributed by atoms with van der Waals surface area (Å²) in [5, 5.41) is 0. The molecule has 6 heteroatoms. The number of nitrogens with zero attached hydrogens (tertiary/aromatic N) is 1. The fourth-order valence-electron chi connectivity index (χ4n) is 7.33. The zero-order chi connectivity index (χ0) is 20.4. The third-order valence-corrected chi connectivity index (χ3v) is 8.86. The molecule has 2 saturated carbocycles. The van der Waals surface area contributed by atoms with Gasteiger partial charge < -0.3 is 19.1 Å². The Morgan fingerprint density at radius 1 is 1.28 bits per heavy atom. The van der Waals surface area contributed by atoms with Crippen LogP contribution in [0.25, 0.3) is 0 Å². The van der Waals surface area contributed by atoms with Gasteiger partial charge >= 0.3 is 11.9 Å². The molecule has 162 valence electrons. The zero-order valence-corrected chi connectivity index (χ0v) is 18.0. The number of piperidine rings is 1. The minimum atomic E-state index is -0.0952. The highest BCUT2D eigenvalue weighted by Gasteiger charge is 2.78. The average Bonchev–Trinajstić information content (AvgIpc) is 3.37. The average molecular weight is 406 g/mol. The first-order valence-electron chi connectivity index (χ1n) is 11.7. The maximum Gasteiger partial charge on any atom is 0.311 e. The second kappa shape index (κ2) is 6.94. The van der Waals surface area contributed by atoms with Crippen LogP contribution in [0.3, 0.4) is 0 Å². The van der Waals surface area contributed by atoms with Gasteiger partial charge in [0.2, 0.25) is 0 Å². The molecule has 5 aliphatic rings. The Hall–Kier alpha value is -1.14. The summed E-state index contributed by atoms with van der Waals surface area (Å²) in [6, 6.07) is 0. The SMILES string of the molecule is CCOC(=O)C1CCN(CC2C(=O)OC3CC4(C)CCCC(C)C45OC5C32)CC1. The van der Waals surface area contributed by atoms with Gasteiger partial charge in [0.05, 0.1) is 24.5 Å². The first kappa shape index (κ1) is 19.8. The molecule has 0 N–H and O–H groups in total. The number of carbonyl (C=O) groups is 2. The summed E-state index contributed by atoms with van der Waals surface area (Å²) >= 11 is 0. The molecule has 7 atom stereocenters.